The van der Waals surface area contributed by atoms with Crippen LogP contribution in [-0.2, 0) is 14.4 Å². The van der Waals surface area contributed by atoms with E-state index in [2.05, 4.69) is 25.9 Å². The Morgan fingerprint density at radius 2 is 2.08 bits per heavy atom. The van der Waals surface area contributed by atoms with Gasteiger partial charge in [0.05, 0.1) is 0 Å². The van der Waals surface area contributed by atoms with Crippen LogP contribution in [0.15, 0.2) is 5.16 Å². The number of ketones is 1. The van der Waals surface area contributed by atoms with Gasteiger partial charge in [0.2, 0.25) is 0 Å². The fourth-order valence-electron chi connectivity index (χ4n) is 0.644. The van der Waals surface area contributed by atoms with Crippen LogP contribution in [0.5, 0.6) is 0 Å². The van der Waals surface area contributed by atoms with E-state index in [1.807, 2.05) is 0 Å². The van der Waals surface area contributed by atoms with Crippen molar-refractivity contribution in [3.63, 3.8) is 0 Å². The molecule has 0 aromatic rings. The molecule has 0 fully saturated rings. The van der Waals surface area contributed by atoms with Crippen LogP contribution >= 0.6 is 15.9 Å². The summed E-state index contributed by atoms with van der Waals surface area (Å²) in [7, 11) is 1.39. The van der Waals surface area contributed by atoms with Gasteiger partial charge in [-0.3, -0.25) is 9.59 Å². The monoisotopic (exact) mass is 251 g/mol. The number of halogens is 1. The summed E-state index contributed by atoms with van der Waals surface area (Å²) in [5.74, 6) is -1.43. The fourth-order valence-corrected chi connectivity index (χ4v) is 0.987. The minimum Gasteiger partial charge on any atom is -0.481 e. The number of rotatable bonds is 6. The average molecular weight is 252 g/mol. The highest BCUT2D eigenvalue weighted by molar-refractivity contribution is 9.18. The van der Waals surface area contributed by atoms with E-state index < -0.39 is 12.4 Å². The summed E-state index contributed by atoms with van der Waals surface area (Å²) in [5.41, 5.74) is 0. The van der Waals surface area contributed by atoms with E-state index >= 15 is 0 Å². The van der Waals surface area contributed by atoms with Gasteiger partial charge >= 0.3 is 5.97 Å². The third-order valence-corrected chi connectivity index (χ3v) is 1.69. The van der Waals surface area contributed by atoms with Crippen molar-refractivity contribution in [2.24, 2.45) is 5.16 Å². The van der Waals surface area contributed by atoms with E-state index in [0.29, 0.717) is 11.0 Å². The molecule has 0 heterocycles. The number of carboxylic acid groups (broad SMARTS) is 1. The van der Waals surface area contributed by atoms with Gasteiger partial charge in [0, 0.05) is 12.8 Å². The Morgan fingerprint density at radius 3 is 2.54 bits per heavy atom. The lowest BCUT2D eigenvalue weighted by molar-refractivity contribution is -0.140. The first-order chi connectivity index (χ1) is 6.06. The Labute approximate surface area is 83.9 Å². The highest BCUT2D eigenvalue weighted by Gasteiger charge is 2.08. The molecule has 0 bridgehead atoms. The van der Waals surface area contributed by atoms with Gasteiger partial charge in [-0.25, -0.2) is 0 Å². The standard InChI is InChI=1S/C7H10BrNO4/c1-13-9-6(8)3-2-5(10)4-7(11)12/h2-4H2,1H3,(H,11,12)/b9-6-. The van der Waals surface area contributed by atoms with Crippen LogP contribution in [0.2, 0.25) is 0 Å². The summed E-state index contributed by atoms with van der Waals surface area (Å²) in [5, 5.41) is 11.8. The molecule has 0 saturated heterocycles. The maximum atomic E-state index is 10.9. The molecule has 0 aliphatic carbocycles. The molecule has 0 aromatic heterocycles. The quantitative estimate of drug-likeness (QED) is 0.437. The first-order valence-corrected chi connectivity index (χ1v) is 4.34. The van der Waals surface area contributed by atoms with Gasteiger partial charge in [0.15, 0.2) is 0 Å². The van der Waals surface area contributed by atoms with Gasteiger partial charge in [0.25, 0.3) is 0 Å². The minimum atomic E-state index is -1.11. The van der Waals surface area contributed by atoms with Crippen LogP contribution in [0.1, 0.15) is 19.3 Å². The van der Waals surface area contributed by atoms with Crippen molar-refractivity contribution >= 4 is 32.3 Å². The summed E-state index contributed by atoms with van der Waals surface area (Å²) in [6.07, 6.45) is 0.0763. The zero-order valence-corrected chi connectivity index (χ0v) is 8.70. The lowest BCUT2D eigenvalue weighted by atomic mass is 10.2. The summed E-state index contributed by atoms with van der Waals surface area (Å²) in [6, 6.07) is 0. The van der Waals surface area contributed by atoms with Gasteiger partial charge in [-0.05, 0) is 15.9 Å². The van der Waals surface area contributed by atoms with E-state index in [4.69, 9.17) is 5.11 Å². The van der Waals surface area contributed by atoms with Crippen molar-refractivity contribution in [1.82, 2.24) is 0 Å². The Hall–Kier alpha value is -0.910. The third kappa shape index (κ3) is 7.45. The molecular weight excluding hydrogens is 242 g/mol. The molecule has 0 aliphatic rings. The average Bonchev–Trinajstić information content (AvgIpc) is 2.00. The number of Topliss-reactive ketones (excluding diaryl/α,β-unsaturated/α-hetero) is 1. The van der Waals surface area contributed by atoms with Gasteiger partial charge in [-0.1, -0.05) is 5.16 Å². The van der Waals surface area contributed by atoms with Crippen molar-refractivity contribution in [3.8, 4) is 0 Å². The van der Waals surface area contributed by atoms with Gasteiger partial charge in [0.1, 0.15) is 23.9 Å². The SMILES string of the molecule is CO/N=C(\Br)CCC(=O)CC(=O)O. The molecule has 0 unspecified atom stereocenters. The second-order valence-corrected chi connectivity index (χ2v) is 3.17. The zero-order valence-electron chi connectivity index (χ0n) is 7.12. The van der Waals surface area contributed by atoms with E-state index in [-0.39, 0.29) is 12.2 Å². The second-order valence-electron chi connectivity index (χ2n) is 2.26. The molecule has 1 N–H and O–H groups in total. The van der Waals surface area contributed by atoms with E-state index in [1.54, 1.807) is 0 Å². The van der Waals surface area contributed by atoms with Crippen molar-refractivity contribution in [2.45, 2.75) is 19.3 Å². The van der Waals surface area contributed by atoms with Crippen LogP contribution in [0.4, 0.5) is 0 Å². The predicted octanol–water partition coefficient (Wildman–Crippen LogP) is 1.17. The second kappa shape index (κ2) is 6.59. The van der Waals surface area contributed by atoms with Crippen molar-refractivity contribution in [2.75, 3.05) is 7.11 Å². The van der Waals surface area contributed by atoms with Crippen LogP contribution in [-0.4, -0.2) is 28.6 Å². The molecule has 0 radical (unpaired) electrons. The van der Waals surface area contributed by atoms with E-state index in [9.17, 15) is 9.59 Å². The lowest BCUT2D eigenvalue weighted by Crippen LogP contribution is -2.07. The summed E-state index contributed by atoms with van der Waals surface area (Å²) in [6.45, 7) is 0. The largest absolute Gasteiger partial charge is 0.481 e. The lowest BCUT2D eigenvalue weighted by Gasteiger charge is -1.96. The smallest absolute Gasteiger partial charge is 0.310 e. The van der Waals surface area contributed by atoms with Crippen LogP contribution in [0.3, 0.4) is 0 Å². The maximum Gasteiger partial charge on any atom is 0.310 e. The summed E-state index contributed by atoms with van der Waals surface area (Å²) in [4.78, 5) is 25.4. The maximum absolute atomic E-state index is 10.9. The van der Waals surface area contributed by atoms with E-state index in [1.165, 1.54) is 7.11 Å². The molecule has 5 nitrogen and oxygen atoms in total. The fraction of sp³-hybridized carbons (Fsp3) is 0.571. The minimum absolute atomic E-state index is 0.153. The molecule has 0 saturated carbocycles. The number of hydrogen-bond donors (Lipinski definition) is 1. The molecule has 13 heavy (non-hydrogen) atoms. The van der Waals surface area contributed by atoms with Crippen molar-refractivity contribution in [3.05, 3.63) is 0 Å². The molecule has 0 atom stereocenters. The Kier molecular flexibility index (Phi) is 6.13. The predicted molar refractivity (Wildman–Crippen MR) is 49.9 cm³/mol. The number of aliphatic carboxylic acids is 1. The Bertz CT molecular complexity index is 227. The van der Waals surface area contributed by atoms with E-state index in [0.717, 1.165) is 0 Å². The number of hydrogen-bond acceptors (Lipinski definition) is 4. The number of carbonyl (C=O) groups excluding carboxylic acids is 1. The Balaban J connectivity index is 3.70. The highest BCUT2D eigenvalue weighted by atomic mass is 79.9. The van der Waals surface area contributed by atoms with Crippen LogP contribution in [0.25, 0.3) is 0 Å². The number of oxime groups is 1. The topological polar surface area (TPSA) is 76.0 Å². The van der Waals surface area contributed by atoms with Gasteiger partial charge in [-0.15, -0.1) is 0 Å². The van der Waals surface area contributed by atoms with Gasteiger partial charge in [-0.2, -0.15) is 0 Å². The molecule has 0 aromatic carbocycles. The first-order valence-electron chi connectivity index (χ1n) is 3.55. The Morgan fingerprint density at radius 1 is 1.46 bits per heavy atom. The summed E-state index contributed by atoms with van der Waals surface area (Å²) >= 11 is 3.06. The van der Waals surface area contributed by atoms with Crippen LogP contribution < -0.4 is 0 Å². The number of carbonyl (C=O) groups is 2. The first kappa shape index (κ1) is 12.1. The van der Waals surface area contributed by atoms with Crippen LogP contribution in [0, 0.1) is 0 Å². The van der Waals surface area contributed by atoms with Gasteiger partial charge < -0.3 is 9.94 Å². The molecule has 0 aliphatic heterocycles. The summed E-state index contributed by atoms with van der Waals surface area (Å²) < 4.78 is 0.494. The van der Waals surface area contributed by atoms with Crippen molar-refractivity contribution < 1.29 is 19.5 Å². The number of carboxylic acids is 1. The number of nitrogens with zero attached hydrogens (tertiary/aromatic N) is 1. The normalized spacial score (nSPS) is 11.1. The molecular formula is C7H10BrNO4. The molecule has 6 heteroatoms. The molecule has 0 spiro atoms. The third-order valence-electron chi connectivity index (χ3n) is 1.15. The molecule has 0 amide bonds. The molecule has 0 rings (SSSR count). The molecule has 74 valence electrons. The van der Waals surface area contributed by atoms with Crippen molar-refractivity contribution in [1.29, 1.82) is 0 Å². The zero-order chi connectivity index (χ0) is 10.3. The highest BCUT2D eigenvalue weighted by Crippen LogP contribution is 2.03.